The third-order valence-electron chi connectivity index (χ3n) is 4.90. The fraction of sp³-hybridized carbons (Fsp3) is 0.318. The molecule has 0 bridgehead atoms. The Bertz CT molecular complexity index is 1050. The Morgan fingerprint density at radius 1 is 1.13 bits per heavy atom. The molecule has 166 valence electrons. The molecule has 0 spiro atoms. The van der Waals surface area contributed by atoms with Gasteiger partial charge in [-0.05, 0) is 43.1 Å². The second-order valence-corrected chi connectivity index (χ2v) is 6.96. The highest BCUT2D eigenvalue weighted by molar-refractivity contribution is 5.85. The van der Waals surface area contributed by atoms with Gasteiger partial charge in [0.1, 0.15) is 0 Å². The maximum atomic E-state index is 13.6. The van der Waals surface area contributed by atoms with Crippen LogP contribution in [0.2, 0.25) is 0 Å². The van der Waals surface area contributed by atoms with E-state index in [1.807, 2.05) is 0 Å². The second kappa shape index (κ2) is 9.82. The van der Waals surface area contributed by atoms with Gasteiger partial charge in [0.05, 0.1) is 6.61 Å². The van der Waals surface area contributed by atoms with E-state index in [1.54, 1.807) is 18.2 Å². The molecule has 0 saturated heterocycles. The lowest BCUT2D eigenvalue weighted by Crippen LogP contribution is -2.25. The molecular formula is C22H22F4N2O3. The number of hydrogen-bond acceptors (Lipinski definition) is 3. The molecule has 5 nitrogen and oxygen atoms in total. The van der Waals surface area contributed by atoms with Crippen molar-refractivity contribution in [1.29, 1.82) is 0 Å². The number of ether oxygens (including phenoxy) is 1. The number of rotatable bonds is 5. The van der Waals surface area contributed by atoms with Crippen LogP contribution in [0.5, 0.6) is 5.75 Å². The number of carboxylic acids is 1. The van der Waals surface area contributed by atoms with Crippen LogP contribution in [0.3, 0.4) is 0 Å². The Labute approximate surface area is 176 Å². The molecule has 9 heteroatoms. The lowest BCUT2D eigenvalue weighted by Gasteiger charge is -2.17. The predicted octanol–water partition coefficient (Wildman–Crippen LogP) is 4.53. The summed E-state index contributed by atoms with van der Waals surface area (Å²) in [7, 11) is 0. The smallest absolute Gasteiger partial charge is 0.490 e. The molecule has 31 heavy (non-hydrogen) atoms. The quantitative estimate of drug-likeness (QED) is 0.454. The molecule has 0 aliphatic carbocycles. The lowest BCUT2D eigenvalue weighted by molar-refractivity contribution is -0.192. The van der Waals surface area contributed by atoms with Crippen LogP contribution in [0.1, 0.15) is 17.7 Å². The normalized spacial score (nSPS) is 13.3. The SMILES string of the molecule is Fc1ccccc1OCCCn1c2c(c3ccccc31)CCNC2.O=C(O)C(F)(F)F. The van der Waals surface area contributed by atoms with Gasteiger partial charge in [-0.15, -0.1) is 0 Å². The summed E-state index contributed by atoms with van der Waals surface area (Å²) in [4.78, 5) is 8.90. The number of carboxylic acid groups (broad SMARTS) is 1. The van der Waals surface area contributed by atoms with Crippen LogP contribution in [-0.4, -0.2) is 35.0 Å². The summed E-state index contributed by atoms with van der Waals surface area (Å²) >= 11 is 0. The number of aryl methyl sites for hydroxylation is 1. The second-order valence-electron chi connectivity index (χ2n) is 6.96. The van der Waals surface area contributed by atoms with Crippen LogP contribution in [0.15, 0.2) is 48.5 Å². The first-order chi connectivity index (χ1) is 14.8. The largest absolute Gasteiger partial charge is 0.490 e. The van der Waals surface area contributed by atoms with Crippen molar-refractivity contribution in [2.24, 2.45) is 0 Å². The molecule has 0 fully saturated rings. The van der Waals surface area contributed by atoms with Crippen molar-refractivity contribution in [2.45, 2.75) is 32.1 Å². The molecule has 0 saturated carbocycles. The number of aliphatic carboxylic acids is 1. The first kappa shape index (κ1) is 22.6. The highest BCUT2D eigenvalue weighted by Crippen LogP contribution is 2.28. The first-order valence-electron chi connectivity index (χ1n) is 9.76. The number of para-hydroxylation sites is 2. The van der Waals surface area contributed by atoms with Crippen molar-refractivity contribution in [2.75, 3.05) is 13.2 Å². The van der Waals surface area contributed by atoms with E-state index in [0.717, 1.165) is 32.5 Å². The summed E-state index contributed by atoms with van der Waals surface area (Å²) in [6, 6.07) is 15.2. The molecule has 0 amide bonds. The maximum absolute atomic E-state index is 13.6. The number of halogens is 4. The average molecular weight is 438 g/mol. The Morgan fingerprint density at radius 3 is 2.52 bits per heavy atom. The number of fused-ring (bicyclic) bond motifs is 3. The van der Waals surface area contributed by atoms with Gasteiger partial charge in [0.15, 0.2) is 11.6 Å². The van der Waals surface area contributed by atoms with Gasteiger partial charge in [0, 0.05) is 29.7 Å². The van der Waals surface area contributed by atoms with Crippen molar-refractivity contribution in [3.05, 3.63) is 65.6 Å². The topological polar surface area (TPSA) is 63.5 Å². The van der Waals surface area contributed by atoms with E-state index in [2.05, 4.69) is 34.1 Å². The molecule has 1 aliphatic heterocycles. The molecule has 0 unspecified atom stereocenters. The fourth-order valence-electron chi connectivity index (χ4n) is 3.55. The summed E-state index contributed by atoms with van der Waals surface area (Å²) in [5.74, 6) is -2.73. The van der Waals surface area contributed by atoms with Gasteiger partial charge in [-0.3, -0.25) is 0 Å². The molecule has 0 radical (unpaired) electrons. The molecule has 1 aromatic heterocycles. The van der Waals surface area contributed by atoms with E-state index < -0.39 is 12.1 Å². The highest BCUT2D eigenvalue weighted by atomic mass is 19.4. The van der Waals surface area contributed by atoms with Crippen LogP contribution >= 0.6 is 0 Å². The van der Waals surface area contributed by atoms with Crippen LogP contribution in [0.25, 0.3) is 10.9 Å². The van der Waals surface area contributed by atoms with Gasteiger partial charge in [-0.2, -0.15) is 13.2 Å². The number of alkyl halides is 3. The van der Waals surface area contributed by atoms with Gasteiger partial charge in [-0.25, -0.2) is 9.18 Å². The van der Waals surface area contributed by atoms with Crippen molar-refractivity contribution in [3.8, 4) is 5.75 Å². The molecule has 1 aliphatic rings. The van der Waals surface area contributed by atoms with E-state index in [0.29, 0.717) is 12.4 Å². The van der Waals surface area contributed by atoms with E-state index in [9.17, 15) is 17.6 Å². The maximum Gasteiger partial charge on any atom is 0.490 e. The number of hydrogen-bond donors (Lipinski definition) is 2. The number of aromatic nitrogens is 1. The van der Waals surface area contributed by atoms with Crippen LogP contribution in [0.4, 0.5) is 17.6 Å². The Balaban J connectivity index is 0.000000339. The van der Waals surface area contributed by atoms with Crippen molar-refractivity contribution >= 4 is 16.9 Å². The predicted molar refractivity (Wildman–Crippen MR) is 108 cm³/mol. The summed E-state index contributed by atoms with van der Waals surface area (Å²) < 4.78 is 53.3. The van der Waals surface area contributed by atoms with Crippen LogP contribution in [0, 0.1) is 5.82 Å². The summed E-state index contributed by atoms with van der Waals surface area (Å²) in [5.41, 5.74) is 4.14. The van der Waals surface area contributed by atoms with E-state index in [-0.39, 0.29) is 5.82 Å². The summed E-state index contributed by atoms with van der Waals surface area (Å²) in [6.45, 7) is 3.34. The molecule has 2 heterocycles. The summed E-state index contributed by atoms with van der Waals surface area (Å²) in [5, 5.41) is 12.0. The number of nitrogens with one attached hydrogen (secondary N) is 1. The summed E-state index contributed by atoms with van der Waals surface area (Å²) in [6.07, 6.45) is -3.16. The Kier molecular flexibility index (Phi) is 7.17. The van der Waals surface area contributed by atoms with Crippen molar-refractivity contribution in [3.63, 3.8) is 0 Å². The average Bonchev–Trinajstić information content (AvgIpc) is 3.06. The van der Waals surface area contributed by atoms with Gasteiger partial charge >= 0.3 is 12.1 Å². The monoisotopic (exact) mass is 438 g/mol. The standard InChI is InChI=1S/C20H21FN2O.C2HF3O2/c21-17-7-2-4-9-20(17)24-13-5-12-23-18-8-3-1-6-15(18)16-10-11-22-14-19(16)23;3-2(4,5)1(6)7/h1-4,6-9,22H,5,10-14H2;(H,6,7). The Morgan fingerprint density at radius 2 is 1.81 bits per heavy atom. The van der Waals surface area contributed by atoms with Gasteiger partial charge in [0.2, 0.25) is 0 Å². The third kappa shape index (κ3) is 5.55. The minimum absolute atomic E-state index is 0.300. The molecule has 3 aromatic rings. The number of benzene rings is 2. The fourth-order valence-corrected chi connectivity index (χ4v) is 3.55. The van der Waals surface area contributed by atoms with Gasteiger partial charge in [0.25, 0.3) is 0 Å². The Hall–Kier alpha value is -3.07. The minimum Gasteiger partial charge on any atom is -0.490 e. The number of nitrogens with zero attached hydrogens (tertiary/aromatic N) is 1. The molecule has 2 aromatic carbocycles. The number of carbonyl (C=O) groups is 1. The molecule has 2 N–H and O–H groups in total. The minimum atomic E-state index is -5.08. The van der Waals surface area contributed by atoms with E-state index >= 15 is 0 Å². The zero-order valence-electron chi connectivity index (χ0n) is 16.6. The van der Waals surface area contributed by atoms with Crippen LogP contribution < -0.4 is 10.1 Å². The zero-order chi connectivity index (χ0) is 22.4. The highest BCUT2D eigenvalue weighted by Gasteiger charge is 2.38. The van der Waals surface area contributed by atoms with E-state index in [4.69, 9.17) is 14.6 Å². The lowest BCUT2D eigenvalue weighted by atomic mass is 10.1. The molecule has 0 atom stereocenters. The first-order valence-corrected chi connectivity index (χ1v) is 9.76. The van der Waals surface area contributed by atoms with Gasteiger partial charge in [-0.1, -0.05) is 30.3 Å². The van der Waals surface area contributed by atoms with Gasteiger partial charge < -0.3 is 19.7 Å². The van der Waals surface area contributed by atoms with Crippen LogP contribution in [-0.2, 0) is 24.3 Å². The zero-order valence-corrected chi connectivity index (χ0v) is 16.6. The molecular weight excluding hydrogens is 416 g/mol. The third-order valence-corrected chi connectivity index (χ3v) is 4.90. The van der Waals surface area contributed by atoms with Crippen molar-refractivity contribution < 1.29 is 32.2 Å². The molecule has 4 rings (SSSR count). The van der Waals surface area contributed by atoms with Crippen molar-refractivity contribution in [1.82, 2.24) is 9.88 Å². The van der Waals surface area contributed by atoms with E-state index in [1.165, 1.54) is 28.2 Å².